The first kappa shape index (κ1) is 16.6. The summed E-state index contributed by atoms with van der Waals surface area (Å²) < 4.78 is 7.72. The zero-order chi connectivity index (χ0) is 13.1. The van der Waals surface area contributed by atoms with Crippen molar-refractivity contribution in [2.24, 2.45) is 0 Å². The van der Waals surface area contributed by atoms with Gasteiger partial charge in [0.1, 0.15) is 5.75 Å². The molecule has 0 aliphatic carbocycles. The predicted molar refractivity (Wildman–Crippen MR) is 74.9 cm³/mol. The monoisotopic (exact) mass is 395 g/mol. The van der Waals surface area contributed by atoms with Crippen LogP contribution in [-0.2, 0) is 39.3 Å². The summed E-state index contributed by atoms with van der Waals surface area (Å²) in [5.41, 5.74) is 1.68. The maximum absolute atomic E-state index is 11.8. The van der Waals surface area contributed by atoms with Crippen molar-refractivity contribution in [2.75, 3.05) is 7.11 Å². The molecule has 97 valence electrons. The van der Waals surface area contributed by atoms with Gasteiger partial charge in [0.2, 0.25) is 0 Å². The quantitative estimate of drug-likeness (QED) is 0.747. The van der Waals surface area contributed by atoms with Crippen molar-refractivity contribution in [1.82, 2.24) is 4.57 Å². The van der Waals surface area contributed by atoms with Crippen LogP contribution in [0.5, 0.6) is 5.75 Å². The molecule has 0 amide bonds. The molecule has 0 spiro atoms. The van der Waals surface area contributed by atoms with Crippen molar-refractivity contribution in [3.63, 3.8) is 0 Å². The van der Waals surface area contributed by atoms with E-state index in [1.54, 1.807) is 17.7 Å². The Labute approximate surface area is 146 Å². The number of rotatable bonds is 3. The van der Waals surface area contributed by atoms with Crippen LogP contribution in [0.25, 0.3) is 11.3 Å². The Hall–Kier alpha value is -0.446. The molecule has 5 heteroatoms. The molecular formula is C14H13BrNO2Y-. The SMILES string of the molecule is CCn1c(-c2ccc(OC)cc2Br)[c-]ccc1=O.[Y]. The van der Waals surface area contributed by atoms with Crippen LogP contribution in [0.3, 0.4) is 0 Å². The van der Waals surface area contributed by atoms with Crippen molar-refractivity contribution in [1.29, 1.82) is 0 Å². The van der Waals surface area contributed by atoms with Crippen LogP contribution in [0.2, 0.25) is 0 Å². The Morgan fingerprint density at radius 1 is 1.37 bits per heavy atom. The number of pyridine rings is 1. The molecule has 2 aromatic rings. The summed E-state index contributed by atoms with van der Waals surface area (Å²) in [5.74, 6) is 0.770. The van der Waals surface area contributed by atoms with E-state index in [4.69, 9.17) is 4.74 Å². The first-order valence-corrected chi connectivity index (χ1v) is 6.42. The summed E-state index contributed by atoms with van der Waals surface area (Å²) in [4.78, 5) is 11.8. The number of nitrogens with zero attached hydrogens (tertiary/aromatic N) is 1. The summed E-state index contributed by atoms with van der Waals surface area (Å²) in [7, 11) is 1.62. The van der Waals surface area contributed by atoms with Crippen molar-refractivity contribution < 1.29 is 37.4 Å². The van der Waals surface area contributed by atoms with Crippen molar-refractivity contribution in [3.8, 4) is 17.0 Å². The van der Waals surface area contributed by atoms with Gasteiger partial charge in [-0.15, -0.1) is 6.07 Å². The number of ether oxygens (including phenoxy) is 1. The van der Waals surface area contributed by atoms with E-state index < -0.39 is 0 Å². The third-order valence-electron chi connectivity index (χ3n) is 2.73. The Kier molecular flexibility index (Phi) is 6.44. The fraction of sp³-hybridized carbons (Fsp3) is 0.214. The topological polar surface area (TPSA) is 31.2 Å². The minimum absolute atomic E-state index is 0. The summed E-state index contributed by atoms with van der Waals surface area (Å²) in [6.45, 7) is 2.56. The molecule has 1 radical (unpaired) electrons. The molecule has 19 heavy (non-hydrogen) atoms. The third-order valence-corrected chi connectivity index (χ3v) is 3.39. The fourth-order valence-electron chi connectivity index (χ4n) is 1.82. The average molecular weight is 396 g/mol. The second-order valence-corrected chi connectivity index (χ2v) is 4.61. The van der Waals surface area contributed by atoms with Crippen LogP contribution in [0, 0.1) is 6.07 Å². The summed E-state index contributed by atoms with van der Waals surface area (Å²) in [6, 6.07) is 11.9. The van der Waals surface area contributed by atoms with Gasteiger partial charge in [-0.25, -0.2) is 0 Å². The molecule has 1 heterocycles. The van der Waals surface area contributed by atoms with E-state index in [1.807, 2.05) is 25.1 Å². The normalized spacial score (nSPS) is 9.84. The Morgan fingerprint density at radius 3 is 2.68 bits per heavy atom. The van der Waals surface area contributed by atoms with Gasteiger partial charge in [0.05, 0.1) is 7.11 Å². The molecule has 0 unspecified atom stereocenters. The van der Waals surface area contributed by atoms with Gasteiger partial charge < -0.3 is 9.30 Å². The van der Waals surface area contributed by atoms with E-state index in [0.717, 1.165) is 21.5 Å². The molecule has 0 aliphatic heterocycles. The maximum Gasteiger partial charge on any atom is 0.194 e. The van der Waals surface area contributed by atoms with Crippen LogP contribution in [-0.4, -0.2) is 11.7 Å². The van der Waals surface area contributed by atoms with Crippen LogP contribution >= 0.6 is 15.9 Å². The first-order valence-electron chi connectivity index (χ1n) is 5.62. The van der Waals surface area contributed by atoms with E-state index >= 15 is 0 Å². The Bertz CT molecular complexity index is 625. The van der Waals surface area contributed by atoms with Crippen LogP contribution < -0.4 is 10.3 Å². The second kappa shape index (κ2) is 7.37. The largest absolute Gasteiger partial charge is 0.497 e. The van der Waals surface area contributed by atoms with Gasteiger partial charge in [-0.1, -0.05) is 33.3 Å². The molecule has 0 N–H and O–H groups in total. The van der Waals surface area contributed by atoms with Gasteiger partial charge in [-0.2, -0.15) is 12.1 Å². The molecule has 0 atom stereocenters. The van der Waals surface area contributed by atoms with Gasteiger partial charge in [0.15, 0.2) is 5.56 Å². The Balaban J connectivity index is 0.00000180. The predicted octanol–water partition coefficient (Wildman–Crippen LogP) is 3.10. The van der Waals surface area contributed by atoms with Crippen LogP contribution in [0.4, 0.5) is 0 Å². The first-order chi connectivity index (χ1) is 8.67. The average Bonchev–Trinajstić information content (AvgIpc) is 2.38. The van der Waals surface area contributed by atoms with E-state index in [-0.39, 0.29) is 38.3 Å². The fourth-order valence-corrected chi connectivity index (χ4v) is 2.37. The summed E-state index contributed by atoms with van der Waals surface area (Å²) in [6.07, 6.45) is 0. The molecule has 1 aromatic heterocycles. The number of halogens is 1. The second-order valence-electron chi connectivity index (χ2n) is 3.75. The van der Waals surface area contributed by atoms with E-state index in [1.165, 1.54) is 6.07 Å². The maximum atomic E-state index is 11.8. The van der Waals surface area contributed by atoms with Gasteiger partial charge in [0, 0.05) is 39.3 Å². The number of hydrogen-bond donors (Lipinski definition) is 0. The number of aromatic nitrogens is 1. The zero-order valence-electron chi connectivity index (χ0n) is 10.8. The standard InChI is InChI=1S/C14H13BrNO2.Y/c1-3-16-13(5-4-6-14(16)17)11-8-7-10(18-2)9-12(11)15;/h4,6-9H,3H2,1-2H3;/q-1;. The third kappa shape index (κ3) is 3.56. The molecular weight excluding hydrogens is 383 g/mol. The smallest absolute Gasteiger partial charge is 0.194 e. The molecule has 0 fully saturated rings. The van der Waals surface area contributed by atoms with Gasteiger partial charge >= 0.3 is 0 Å². The molecule has 0 saturated carbocycles. The zero-order valence-corrected chi connectivity index (χ0v) is 15.2. The van der Waals surface area contributed by atoms with Crippen molar-refractivity contribution in [2.45, 2.75) is 13.5 Å². The van der Waals surface area contributed by atoms with E-state index in [9.17, 15) is 4.79 Å². The number of hydrogen-bond acceptors (Lipinski definition) is 2. The molecule has 1 aromatic carbocycles. The minimum Gasteiger partial charge on any atom is -0.497 e. The van der Waals surface area contributed by atoms with Crippen LogP contribution in [0.1, 0.15) is 6.92 Å². The van der Waals surface area contributed by atoms with E-state index in [2.05, 4.69) is 22.0 Å². The molecule has 0 saturated heterocycles. The van der Waals surface area contributed by atoms with Gasteiger partial charge in [-0.05, 0) is 23.5 Å². The molecule has 0 aliphatic rings. The number of benzene rings is 1. The van der Waals surface area contributed by atoms with Crippen LogP contribution in [0.15, 0.2) is 39.6 Å². The van der Waals surface area contributed by atoms with Gasteiger partial charge in [0.25, 0.3) is 0 Å². The summed E-state index contributed by atoms with van der Waals surface area (Å²) >= 11 is 3.50. The van der Waals surface area contributed by atoms with Crippen molar-refractivity contribution >= 4 is 15.9 Å². The van der Waals surface area contributed by atoms with E-state index in [0.29, 0.717) is 6.54 Å². The molecule has 3 nitrogen and oxygen atoms in total. The molecule has 2 rings (SSSR count). The minimum atomic E-state index is -0.0195. The molecule has 0 bridgehead atoms. The number of methoxy groups -OCH3 is 1. The summed E-state index contributed by atoms with van der Waals surface area (Å²) in [5, 5.41) is 0. The van der Waals surface area contributed by atoms with Gasteiger partial charge in [-0.3, -0.25) is 4.79 Å². The van der Waals surface area contributed by atoms with Crippen molar-refractivity contribution in [3.05, 3.63) is 51.2 Å². The Morgan fingerprint density at radius 2 is 2.11 bits per heavy atom.